The van der Waals surface area contributed by atoms with E-state index in [0.717, 1.165) is 16.9 Å². The fourth-order valence-electron chi connectivity index (χ4n) is 4.92. The molecule has 4 aromatic heterocycles. The van der Waals surface area contributed by atoms with Crippen molar-refractivity contribution in [3.63, 3.8) is 0 Å². The van der Waals surface area contributed by atoms with Crippen molar-refractivity contribution in [2.24, 2.45) is 0 Å². The van der Waals surface area contributed by atoms with Crippen molar-refractivity contribution >= 4 is 27.4 Å². The van der Waals surface area contributed by atoms with Gasteiger partial charge in [0.25, 0.3) is 5.91 Å². The van der Waals surface area contributed by atoms with Crippen molar-refractivity contribution in [3.8, 4) is 11.6 Å². The van der Waals surface area contributed by atoms with Gasteiger partial charge >= 0.3 is 0 Å². The summed E-state index contributed by atoms with van der Waals surface area (Å²) >= 11 is 0. The van der Waals surface area contributed by atoms with E-state index in [1.54, 1.807) is 27.7 Å². The van der Waals surface area contributed by atoms with Gasteiger partial charge in [-0.25, -0.2) is 27.6 Å². The van der Waals surface area contributed by atoms with Gasteiger partial charge < -0.3 is 10.1 Å². The molecule has 210 valence electrons. The van der Waals surface area contributed by atoms with E-state index in [1.807, 2.05) is 37.3 Å². The van der Waals surface area contributed by atoms with Crippen LogP contribution in [0.1, 0.15) is 40.4 Å². The molecule has 13 heteroatoms. The molecule has 1 aliphatic rings. The first-order valence-electron chi connectivity index (χ1n) is 13.1. The molecule has 0 atom stereocenters. The van der Waals surface area contributed by atoms with Gasteiger partial charge in [-0.05, 0) is 44.0 Å². The molecule has 0 spiro atoms. The third-order valence-electron chi connectivity index (χ3n) is 7.20. The van der Waals surface area contributed by atoms with Crippen molar-refractivity contribution in [1.29, 1.82) is 0 Å². The highest BCUT2D eigenvalue weighted by molar-refractivity contribution is 7.89. The molecule has 0 saturated carbocycles. The second kappa shape index (κ2) is 10.7. The summed E-state index contributed by atoms with van der Waals surface area (Å²) in [6.07, 6.45) is 7.31. The summed E-state index contributed by atoms with van der Waals surface area (Å²) in [6, 6.07) is 14.5. The molecular weight excluding hydrogens is 544 g/mol. The van der Waals surface area contributed by atoms with Gasteiger partial charge in [0.2, 0.25) is 15.9 Å². The molecule has 0 aliphatic carbocycles. The Morgan fingerprint density at radius 1 is 1.05 bits per heavy atom. The fraction of sp³-hybridized carbons (Fsp3) is 0.250. The number of sulfonamides is 1. The second-order valence-electron chi connectivity index (χ2n) is 9.82. The minimum atomic E-state index is -3.68. The van der Waals surface area contributed by atoms with E-state index in [0.29, 0.717) is 48.8 Å². The molecule has 0 bridgehead atoms. The number of piperidine rings is 1. The number of ether oxygens (including phenoxy) is 1. The lowest BCUT2D eigenvalue weighted by Gasteiger charge is -2.30. The third kappa shape index (κ3) is 5.16. The Kier molecular flexibility index (Phi) is 6.97. The summed E-state index contributed by atoms with van der Waals surface area (Å²) < 4.78 is 36.2. The van der Waals surface area contributed by atoms with Gasteiger partial charge in [0.15, 0.2) is 5.65 Å². The molecule has 1 saturated heterocycles. The Bertz CT molecular complexity index is 1810. The zero-order valence-corrected chi connectivity index (χ0v) is 23.3. The predicted molar refractivity (Wildman–Crippen MR) is 151 cm³/mol. The normalized spacial score (nSPS) is 14.8. The van der Waals surface area contributed by atoms with Crippen molar-refractivity contribution in [2.75, 3.05) is 25.5 Å². The average Bonchev–Trinajstić information content (AvgIpc) is 3.62. The number of nitrogens with one attached hydrogen (secondary N) is 1. The van der Waals surface area contributed by atoms with E-state index in [9.17, 15) is 13.2 Å². The van der Waals surface area contributed by atoms with E-state index in [1.165, 1.54) is 35.9 Å². The number of hydrogen-bond donors (Lipinski definition) is 1. The van der Waals surface area contributed by atoms with Gasteiger partial charge in [-0.3, -0.25) is 4.79 Å². The Labute approximate surface area is 236 Å². The zero-order valence-electron chi connectivity index (χ0n) is 22.5. The maximum Gasteiger partial charge on any atom is 0.262 e. The molecule has 1 amide bonds. The fourth-order valence-corrected chi connectivity index (χ4v) is 6.34. The molecule has 41 heavy (non-hydrogen) atoms. The molecule has 1 fully saturated rings. The molecule has 0 unspecified atom stereocenters. The number of nitrogens with zero attached hydrogens (tertiary/aromatic N) is 7. The van der Waals surface area contributed by atoms with E-state index in [2.05, 4.69) is 20.4 Å². The summed E-state index contributed by atoms with van der Waals surface area (Å²) in [5.74, 6) is 0.514. The molecule has 6 rings (SSSR count). The molecule has 1 aliphatic heterocycles. The van der Waals surface area contributed by atoms with Crippen LogP contribution in [0.5, 0.6) is 5.88 Å². The number of anilines is 1. The van der Waals surface area contributed by atoms with E-state index in [4.69, 9.17) is 9.84 Å². The number of fused-ring (bicyclic) bond motifs is 1. The van der Waals surface area contributed by atoms with Crippen LogP contribution in [0.4, 0.5) is 5.82 Å². The third-order valence-corrected chi connectivity index (χ3v) is 9.08. The number of carbonyl (C=O) groups excluding carboxylic acids is 1. The highest BCUT2D eigenvalue weighted by Gasteiger charge is 2.32. The largest absolute Gasteiger partial charge is 0.481 e. The van der Waals surface area contributed by atoms with Crippen LogP contribution in [0.2, 0.25) is 0 Å². The topological polar surface area (TPSA) is 137 Å². The number of amides is 1. The van der Waals surface area contributed by atoms with Crippen LogP contribution in [0.25, 0.3) is 11.3 Å². The van der Waals surface area contributed by atoms with Gasteiger partial charge in [0.05, 0.1) is 30.9 Å². The van der Waals surface area contributed by atoms with Gasteiger partial charge in [0.1, 0.15) is 16.3 Å². The van der Waals surface area contributed by atoms with Crippen molar-refractivity contribution in [3.05, 3.63) is 90.1 Å². The second-order valence-corrected chi connectivity index (χ2v) is 11.8. The predicted octanol–water partition coefficient (Wildman–Crippen LogP) is 3.45. The first kappa shape index (κ1) is 26.6. The van der Waals surface area contributed by atoms with Crippen LogP contribution in [-0.4, -0.2) is 68.2 Å². The number of pyridine rings is 1. The SMILES string of the molecule is COc1ccc(S(=O)(=O)N2CCC(c3cc(NC(=O)c4cnn5cccnc45)n(-c4ccc(C)cc4)n3)CC2)cn1. The number of aryl methyl sites for hydroxylation is 1. The molecule has 5 heterocycles. The van der Waals surface area contributed by atoms with Crippen LogP contribution < -0.4 is 10.1 Å². The summed E-state index contributed by atoms with van der Waals surface area (Å²) in [4.78, 5) is 21.8. The van der Waals surface area contributed by atoms with Gasteiger partial charge in [0, 0.05) is 43.5 Å². The Morgan fingerprint density at radius 3 is 2.54 bits per heavy atom. The van der Waals surface area contributed by atoms with Crippen molar-refractivity contribution in [1.82, 2.24) is 33.7 Å². The van der Waals surface area contributed by atoms with Crippen LogP contribution in [-0.2, 0) is 10.0 Å². The van der Waals surface area contributed by atoms with Crippen LogP contribution in [0.3, 0.4) is 0 Å². The van der Waals surface area contributed by atoms with Gasteiger partial charge in [-0.2, -0.15) is 14.5 Å². The number of carbonyl (C=O) groups is 1. The number of benzene rings is 1. The van der Waals surface area contributed by atoms with E-state index < -0.39 is 10.0 Å². The summed E-state index contributed by atoms with van der Waals surface area (Å²) in [5, 5.41) is 12.1. The number of aromatic nitrogens is 6. The molecular formula is C28H28N8O4S. The number of methoxy groups -OCH3 is 1. The van der Waals surface area contributed by atoms with Gasteiger partial charge in [-0.1, -0.05) is 17.7 Å². The quantitative estimate of drug-likeness (QED) is 0.313. The van der Waals surface area contributed by atoms with E-state index >= 15 is 0 Å². The summed E-state index contributed by atoms with van der Waals surface area (Å²) in [6.45, 7) is 2.68. The average molecular weight is 573 g/mol. The zero-order chi connectivity index (χ0) is 28.6. The monoisotopic (exact) mass is 572 g/mol. The minimum absolute atomic E-state index is 0.0106. The molecule has 12 nitrogen and oxygen atoms in total. The molecule has 0 radical (unpaired) electrons. The lowest BCUT2D eigenvalue weighted by molar-refractivity contribution is 0.102. The first-order chi connectivity index (χ1) is 19.8. The lowest BCUT2D eigenvalue weighted by atomic mass is 9.95. The van der Waals surface area contributed by atoms with Gasteiger partial charge in [-0.15, -0.1) is 0 Å². The summed E-state index contributed by atoms with van der Waals surface area (Å²) in [7, 11) is -2.20. The lowest BCUT2D eigenvalue weighted by Crippen LogP contribution is -2.38. The summed E-state index contributed by atoms with van der Waals surface area (Å²) in [5.41, 5.74) is 3.47. The molecule has 5 aromatic rings. The van der Waals surface area contributed by atoms with Crippen molar-refractivity contribution in [2.45, 2.75) is 30.6 Å². The smallest absolute Gasteiger partial charge is 0.262 e. The number of hydrogen-bond acceptors (Lipinski definition) is 8. The highest BCUT2D eigenvalue weighted by atomic mass is 32.2. The molecule has 1 N–H and O–H groups in total. The number of rotatable bonds is 7. The minimum Gasteiger partial charge on any atom is -0.481 e. The maximum absolute atomic E-state index is 13.3. The Hall–Kier alpha value is -4.62. The Morgan fingerprint density at radius 2 is 1.83 bits per heavy atom. The maximum atomic E-state index is 13.3. The Balaban J connectivity index is 1.24. The van der Waals surface area contributed by atoms with E-state index in [-0.39, 0.29) is 16.7 Å². The first-order valence-corrected chi connectivity index (χ1v) is 14.5. The highest BCUT2D eigenvalue weighted by Crippen LogP contribution is 2.32. The molecule has 1 aromatic carbocycles. The van der Waals surface area contributed by atoms with Crippen LogP contribution in [0, 0.1) is 6.92 Å². The van der Waals surface area contributed by atoms with Crippen LogP contribution in [0.15, 0.2) is 78.2 Å². The van der Waals surface area contributed by atoms with Crippen LogP contribution >= 0.6 is 0 Å². The standard InChI is InChI=1S/C28H28N8O4S/c1-19-4-6-21(7-5-19)36-25(32-28(37)23-18-31-35-13-3-12-29-27(23)35)16-24(33-36)20-10-14-34(15-11-20)41(38,39)22-8-9-26(40-2)30-17-22/h3-9,12-13,16-18,20H,10-11,14-15H2,1-2H3,(H,32,37). The van der Waals surface area contributed by atoms with Crippen molar-refractivity contribution < 1.29 is 17.9 Å².